The average Bonchev–Trinajstić information content (AvgIpc) is 3.24. The minimum atomic E-state index is 0.238. The number of carbonyl (C=O) groups is 1. The Morgan fingerprint density at radius 1 is 1.17 bits per heavy atom. The molecular weight excluding hydrogens is 304 g/mol. The number of hydrogen-bond donors (Lipinski definition) is 1. The van der Waals surface area contributed by atoms with Crippen molar-refractivity contribution in [3.05, 3.63) is 0 Å². The van der Waals surface area contributed by atoms with Gasteiger partial charge in [-0.15, -0.1) is 0 Å². The van der Waals surface area contributed by atoms with Crippen molar-refractivity contribution in [2.75, 3.05) is 39.3 Å². The van der Waals surface area contributed by atoms with E-state index < -0.39 is 0 Å². The van der Waals surface area contributed by atoms with Crippen LogP contribution in [0.4, 0.5) is 0 Å². The third-order valence-corrected chi connectivity index (χ3v) is 5.50. The van der Waals surface area contributed by atoms with Crippen molar-refractivity contribution in [3.8, 4) is 0 Å². The third kappa shape index (κ3) is 4.85. The van der Waals surface area contributed by atoms with Gasteiger partial charge in [0.1, 0.15) is 0 Å². The topological polar surface area (TPSA) is 71.2 Å². The molecule has 6 heteroatoms. The molecule has 0 bridgehead atoms. The van der Waals surface area contributed by atoms with Crippen LogP contribution in [0.25, 0.3) is 0 Å². The quantitative estimate of drug-likeness (QED) is 0.591. The van der Waals surface area contributed by atoms with Crippen molar-refractivity contribution < 1.29 is 9.53 Å². The first kappa shape index (κ1) is 17.5. The standard InChI is InChI=1S/C18H32N4O2/c19-18(21-8-4-1-5-9-21)20-13-15-12-17(23)22(14-15)10-11-24-16-6-2-3-7-16/h15-16H,1-14H2,(H2,19,20)/t15-/m0/s1. The predicted octanol–water partition coefficient (Wildman–Crippen LogP) is 1.59. The summed E-state index contributed by atoms with van der Waals surface area (Å²) in [7, 11) is 0. The first-order valence-corrected chi connectivity index (χ1v) is 9.66. The monoisotopic (exact) mass is 336 g/mol. The Kier molecular flexibility index (Phi) is 6.35. The van der Waals surface area contributed by atoms with Gasteiger partial charge >= 0.3 is 0 Å². The largest absolute Gasteiger partial charge is 0.376 e. The third-order valence-electron chi connectivity index (χ3n) is 5.50. The molecule has 0 unspecified atom stereocenters. The Hall–Kier alpha value is -1.30. The van der Waals surface area contributed by atoms with E-state index in [2.05, 4.69) is 9.89 Å². The summed E-state index contributed by atoms with van der Waals surface area (Å²) in [5.41, 5.74) is 6.10. The lowest BCUT2D eigenvalue weighted by atomic mass is 10.1. The van der Waals surface area contributed by atoms with Crippen molar-refractivity contribution >= 4 is 11.9 Å². The summed E-state index contributed by atoms with van der Waals surface area (Å²) in [5, 5.41) is 0. The highest BCUT2D eigenvalue weighted by atomic mass is 16.5. The smallest absolute Gasteiger partial charge is 0.223 e. The predicted molar refractivity (Wildman–Crippen MR) is 94.8 cm³/mol. The maximum absolute atomic E-state index is 12.1. The molecule has 2 heterocycles. The average molecular weight is 336 g/mol. The van der Waals surface area contributed by atoms with Crippen molar-refractivity contribution in [3.63, 3.8) is 0 Å². The van der Waals surface area contributed by atoms with Crippen LogP contribution in [0.3, 0.4) is 0 Å². The molecule has 3 rings (SSSR count). The Bertz CT molecular complexity index is 442. The Labute approximate surface area is 145 Å². The second-order valence-electron chi connectivity index (χ2n) is 7.43. The van der Waals surface area contributed by atoms with E-state index in [1.807, 2.05) is 4.90 Å². The number of amides is 1. The number of rotatable bonds is 6. The molecule has 0 aromatic carbocycles. The van der Waals surface area contributed by atoms with E-state index in [9.17, 15) is 4.79 Å². The number of nitrogens with two attached hydrogens (primary N) is 1. The minimum Gasteiger partial charge on any atom is -0.376 e. The van der Waals surface area contributed by atoms with E-state index in [0.717, 1.165) is 26.2 Å². The van der Waals surface area contributed by atoms with Gasteiger partial charge in [0.05, 0.1) is 12.7 Å². The number of nitrogens with zero attached hydrogens (tertiary/aromatic N) is 3. The first-order valence-electron chi connectivity index (χ1n) is 9.66. The summed E-state index contributed by atoms with van der Waals surface area (Å²) in [6, 6.07) is 0. The molecule has 0 spiro atoms. The number of likely N-dealkylation sites (tertiary alicyclic amines) is 2. The highest BCUT2D eigenvalue weighted by molar-refractivity contribution is 5.79. The zero-order chi connectivity index (χ0) is 16.8. The number of piperidine rings is 1. The Balaban J connectivity index is 1.37. The molecule has 2 N–H and O–H groups in total. The van der Waals surface area contributed by atoms with Crippen LogP contribution in [0.5, 0.6) is 0 Å². The summed E-state index contributed by atoms with van der Waals surface area (Å²) in [5.74, 6) is 1.19. The molecule has 2 saturated heterocycles. The number of guanidine groups is 1. The summed E-state index contributed by atoms with van der Waals surface area (Å²) >= 11 is 0. The number of aliphatic imine (C=N–C) groups is 1. The van der Waals surface area contributed by atoms with E-state index in [0.29, 0.717) is 37.6 Å². The molecule has 6 nitrogen and oxygen atoms in total. The molecule has 136 valence electrons. The normalized spacial score (nSPS) is 26.6. The van der Waals surface area contributed by atoms with Crippen LogP contribution >= 0.6 is 0 Å². The minimum absolute atomic E-state index is 0.238. The molecule has 0 radical (unpaired) electrons. The van der Waals surface area contributed by atoms with E-state index in [4.69, 9.17) is 10.5 Å². The lowest BCUT2D eigenvalue weighted by molar-refractivity contribution is -0.128. The zero-order valence-corrected chi connectivity index (χ0v) is 14.8. The molecule has 1 saturated carbocycles. The lowest BCUT2D eigenvalue weighted by Gasteiger charge is -2.27. The van der Waals surface area contributed by atoms with Crippen LogP contribution < -0.4 is 5.73 Å². The molecule has 0 aromatic heterocycles. The number of carbonyl (C=O) groups excluding carboxylic acids is 1. The van der Waals surface area contributed by atoms with Crippen LogP contribution in [0.15, 0.2) is 4.99 Å². The molecule has 2 aliphatic heterocycles. The first-order chi connectivity index (χ1) is 11.7. The van der Waals surface area contributed by atoms with Crippen LogP contribution in [0.1, 0.15) is 51.4 Å². The second kappa shape index (κ2) is 8.70. The van der Waals surface area contributed by atoms with E-state index in [1.54, 1.807) is 0 Å². The van der Waals surface area contributed by atoms with E-state index >= 15 is 0 Å². The molecule has 0 aromatic rings. The highest BCUT2D eigenvalue weighted by Gasteiger charge is 2.29. The molecule has 1 aliphatic carbocycles. The van der Waals surface area contributed by atoms with Crippen molar-refractivity contribution in [2.24, 2.45) is 16.6 Å². The fourth-order valence-corrected chi connectivity index (χ4v) is 4.02. The molecule has 3 fully saturated rings. The van der Waals surface area contributed by atoms with Gasteiger partial charge in [-0.25, -0.2) is 0 Å². The van der Waals surface area contributed by atoms with Crippen LogP contribution in [-0.4, -0.2) is 67.1 Å². The fraction of sp³-hybridized carbons (Fsp3) is 0.889. The zero-order valence-electron chi connectivity index (χ0n) is 14.8. The summed E-state index contributed by atoms with van der Waals surface area (Å²) in [6.07, 6.45) is 9.64. The van der Waals surface area contributed by atoms with Crippen molar-refractivity contribution in [2.45, 2.75) is 57.5 Å². The summed E-state index contributed by atoms with van der Waals surface area (Å²) < 4.78 is 5.88. The maximum atomic E-state index is 12.1. The number of hydrogen-bond acceptors (Lipinski definition) is 3. The molecular formula is C18H32N4O2. The van der Waals surface area contributed by atoms with Crippen LogP contribution in [0.2, 0.25) is 0 Å². The van der Waals surface area contributed by atoms with Gasteiger partial charge in [0, 0.05) is 45.1 Å². The van der Waals surface area contributed by atoms with Gasteiger partial charge in [0.25, 0.3) is 0 Å². The summed E-state index contributed by atoms with van der Waals surface area (Å²) in [6.45, 7) is 4.88. The van der Waals surface area contributed by atoms with Gasteiger partial charge in [-0.2, -0.15) is 0 Å². The van der Waals surface area contributed by atoms with Crippen molar-refractivity contribution in [1.29, 1.82) is 0 Å². The van der Waals surface area contributed by atoms with Gasteiger partial charge in [-0.05, 0) is 32.1 Å². The van der Waals surface area contributed by atoms with Gasteiger partial charge in [-0.1, -0.05) is 12.8 Å². The Morgan fingerprint density at radius 2 is 1.92 bits per heavy atom. The van der Waals surface area contributed by atoms with E-state index in [1.165, 1.54) is 44.9 Å². The van der Waals surface area contributed by atoms with Crippen LogP contribution in [0, 0.1) is 5.92 Å². The lowest BCUT2D eigenvalue weighted by Crippen LogP contribution is -2.41. The summed E-state index contributed by atoms with van der Waals surface area (Å²) in [4.78, 5) is 20.8. The van der Waals surface area contributed by atoms with Crippen LogP contribution in [-0.2, 0) is 9.53 Å². The molecule has 1 amide bonds. The van der Waals surface area contributed by atoms with Gasteiger partial charge in [-0.3, -0.25) is 9.79 Å². The molecule has 1 atom stereocenters. The molecule has 3 aliphatic rings. The van der Waals surface area contributed by atoms with Crippen molar-refractivity contribution in [1.82, 2.24) is 9.80 Å². The van der Waals surface area contributed by atoms with Gasteiger partial charge < -0.3 is 20.3 Å². The fourth-order valence-electron chi connectivity index (χ4n) is 4.02. The Morgan fingerprint density at radius 3 is 2.67 bits per heavy atom. The SMILES string of the molecule is NC(=NC[C@@H]1CC(=O)N(CCOC2CCCC2)C1)N1CCCCC1. The molecule has 24 heavy (non-hydrogen) atoms. The van der Waals surface area contributed by atoms with Gasteiger partial charge in [0.15, 0.2) is 5.96 Å². The van der Waals surface area contributed by atoms with Gasteiger partial charge in [0.2, 0.25) is 5.91 Å². The number of ether oxygens (including phenoxy) is 1. The maximum Gasteiger partial charge on any atom is 0.223 e. The second-order valence-corrected chi connectivity index (χ2v) is 7.43. The highest BCUT2D eigenvalue weighted by Crippen LogP contribution is 2.22. The van der Waals surface area contributed by atoms with E-state index in [-0.39, 0.29) is 5.91 Å².